The van der Waals surface area contributed by atoms with Gasteiger partial charge >= 0.3 is 17.8 Å². The zero-order valence-corrected chi connectivity index (χ0v) is 19.7. The first-order valence-corrected chi connectivity index (χ1v) is 11.1. The van der Waals surface area contributed by atoms with E-state index in [2.05, 4.69) is 16.3 Å². The fourth-order valence-corrected chi connectivity index (χ4v) is 4.51. The maximum absolute atomic E-state index is 13.4. The number of anilines is 2. The first-order valence-electron chi connectivity index (χ1n) is 11.1. The van der Waals surface area contributed by atoms with Gasteiger partial charge in [-0.2, -0.15) is 18.4 Å². The third-order valence-electron chi connectivity index (χ3n) is 6.07. The number of carbonyl (C=O) groups excluding carboxylic acids is 1. The lowest BCUT2D eigenvalue weighted by Gasteiger charge is -2.36. The Bertz CT molecular complexity index is 1460. The number of nitrogens with zero attached hydrogens (tertiary/aromatic N) is 4. The SMILES string of the molecule is CCCc1cc(C#N)ccc1C1C(C(=O)OC)=C(C)N(c2cccc(C(F)(F)F)c2)c2n[nH]c(=O)n21. The molecule has 0 saturated heterocycles. The minimum Gasteiger partial charge on any atom is -0.466 e. The Morgan fingerprint density at radius 1 is 1.25 bits per heavy atom. The number of ether oxygens (including phenoxy) is 1. The summed E-state index contributed by atoms with van der Waals surface area (Å²) in [5, 5.41) is 15.8. The predicted molar refractivity (Wildman–Crippen MR) is 124 cm³/mol. The lowest BCUT2D eigenvalue weighted by atomic mass is 9.88. The summed E-state index contributed by atoms with van der Waals surface area (Å²) < 4.78 is 46.6. The fourth-order valence-electron chi connectivity index (χ4n) is 4.51. The number of benzene rings is 2. The molecule has 1 aliphatic heterocycles. The number of alkyl halides is 3. The third kappa shape index (κ3) is 4.15. The molecule has 11 heteroatoms. The van der Waals surface area contributed by atoms with Gasteiger partial charge in [-0.05, 0) is 54.8 Å². The average molecular weight is 497 g/mol. The molecule has 8 nitrogen and oxygen atoms in total. The number of rotatable bonds is 5. The fraction of sp³-hybridized carbons (Fsp3) is 0.280. The molecule has 1 aliphatic rings. The van der Waals surface area contributed by atoms with E-state index in [1.807, 2.05) is 6.92 Å². The zero-order chi connectivity index (χ0) is 26.2. The van der Waals surface area contributed by atoms with Crippen LogP contribution in [0, 0.1) is 11.3 Å². The summed E-state index contributed by atoms with van der Waals surface area (Å²) in [5.41, 5.74) is 0.590. The van der Waals surface area contributed by atoms with Gasteiger partial charge in [0.1, 0.15) is 6.04 Å². The van der Waals surface area contributed by atoms with Crippen molar-refractivity contribution in [3.05, 3.63) is 86.5 Å². The number of nitriles is 1. The van der Waals surface area contributed by atoms with E-state index in [0.29, 0.717) is 17.5 Å². The summed E-state index contributed by atoms with van der Waals surface area (Å²) in [4.78, 5) is 27.4. The van der Waals surface area contributed by atoms with Crippen LogP contribution in [0.1, 0.15) is 48.6 Å². The summed E-state index contributed by atoms with van der Waals surface area (Å²) in [5.74, 6) is -0.735. The topological polar surface area (TPSA) is 104 Å². The molecule has 0 radical (unpaired) electrons. The van der Waals surface area contributed by atoms with Gasteiger partial charge in [0.25, 0.3) is 0 Å². The first-order chi connectivity index (χ1) is 17.1. The standard InChI is InChI=1S/C25H22F3N5O3/c1-4-6-16-11-15(13-29)9-10-19(16)21-20(22(34)36-3)14(2)32(23-30-31-24(35)33(21)23)18-8-5-7-17(12-18)25(26,27)28/h5,7-12,21H,4,6H2,1-3H3,(H,31,35). The van der Waals surface area contributed by atoms with Gasteiger partial charge < -0.3 is 4.74 Å². The molecular weight excluding hydrogens is 475 g/mol. The summed E-state index contributed by atoms with van der Waals surface area (Å²) in [6, 6.07) is 10.6. The number of allylic oxidation sites excluding steroid dienone is 1. The highest BCUT2D eigenvalue weighted by Crippen LogP contribution is 2.43. The van der Waals surface area contributed by atoms with E-state index in [0.717, 1.165) is 24.1 Å². The molecule has 0 amide bonds. The maximum atomic E-state index is 13.4. The van der Waals surface area contributed by atoms with Gasteiger partial charge in [0.05, 0.1) is 29.9 Å². The van der Waals surface area contributed by atoms with Crippen molar-refractivity contribution in [2.75, 3.05) is 12.0 Å². The number of H-pyrrole nitrogens is 1. The van der Waals surface area contributed by atoms with Crippen LogP contribution in [0.4, 0.5) is 24.8 Å². The Kier molecular flexibility index (Phi) is 6.45. The highest BCUT2D eigenvalue weighted by atomic mass is 19.4. The van der Waals surface area contributed by atoms with Crippen molar-refractivity contribution >= 4 is 17.6 Å². The molecule has 2 aromatic carbocycles. The second kappa shape index (κ2) is 9.37. The summed E-state index contributed by atoms with van der Waals surface area (Å²) in [7, 11) is 1.19. The highest BCUT2D eigenvalue weighted by molar-refractivity contribution is 5.93. The van der Waals surface area contributed by atoms with E-state index in [4.69, 9.17) is 4.74 Å². The van der Waals surface area contributed by atoms with Crippen LogP contribution < -0.4 is 10.6 Å². The number of esters is 1. The minimum atomic E-state index is -4.60. The van der Waals surface area contributed by atoms with Gasteiger partial charge in [-0.15, -0.1) is 5.10 Å². The van der Waals surface area contributed by atoms with Gasteiger partial charge in [0.2, 0.25) is 5.95 Å². The van der Waals surface area contributed by atoms with E-state index in [1.165, 1.54) is 28.7 Å². The van der Waals surface area contributed by atoms with E-state index in [9.17, 15) is 28.0 Å². The number of nitrogens with one attached hydrogen (secondary N) is 1. The Labute approximate surface area is 204 Å². The molecule has 0 bridgehead atoms. The number of hydrogen-bond acceptors (Lipinski definition) is 6. The van der Waals surface area contributed by atoms with Gasteiger partial charge in [0, 0.05) is 11.4 Å². The second-order valence-corrected chi connectivity index (χ2v) is 8.25. The lowest BCUT2D eigenvalue weighted by molar-refractivity contribution is -0.138. The van der Waals surface area contributed by atoms with Crippen molar-refractivity contribution in [1.82, 2.24) is 14.8 Å². The first kappa shape index (κ1) is 24.8. The molecular formula is C25H22F3N5O3. The van der Waals surface area contributed by atoms with Gasteiger partial charge in [-0.1, -0.05) is 25.5 Å². The van der Waals surface area contributed by atoms with Gasteiger partial charge in [0.15, 0.2) is 0 Å². The van der Waals surface area contributed by atoms with E-state index < -0.39 is 29.4 Å². The minimum absolute atomic E-state index is 0.0151. The Morgan fingerprint density at radius 3 is 2.64 bits per heavy atom. The molecule has 1 unspecified atom stereocenters. The van der Waals surface area contributed by atoms with Crippen LogP contribution in [0.15, 0.2) is 58.5 Å². The largest absolute Gasteiger partial charge is 0.466 e. The molecule has 0 spiro atoms. The Hall–Kier alpha value is -4.33. The molecule has 36 heavy (non-hydrogen) atoms. The third-order valence-corrected chi connectivity index (χ3v) is 6.07. The van der Waals surface area contributed by atoms with E-state index >= 15 is 0 Å². The molecule has 4 rings (SSSR count). The zero-order valence-electron chi connectivity index (χ0n) is 19.7. The van der Waals surface area contributed by atoms with Crippen LogP contribution in [0.3, 0.4) is 0 Å². The van der Waals surface area contributed by atoms with Crippen LogP contribution in [0.25, 0.3) is 0 Å². The van der Waals surface area contributed by atoms with Crippen molar-refractivity contribution < 1.29 is 22.7 Å². The van der Waals surface area contributed by atoms with Crippen molar-refractivity contribution in [3.8, 4) is 6.07 Å². The average Bonchev–Trinajstić information content (AvgIpc) is 3.23. The summed E-state index contributed by atoms with van der Waals surface area (Å²) >= 11 is 0. The van der Waals surface area contributed by atoms with Gasteiger partial charge in [-0.25, -0.2) is 19.3 Å². The number of hydrogen-bond donors (Lipinski definition) is 1. The summed E-state index contributed by atoms with van der Waals surface area (Å²) in [6.07, 6.45) is -3.30. The van der Waals surface area contributed by atoms with Crippen LogP contribution in [-0.2, 0) is 22.1 Å². The van der Waals surface area contributed by atoms with Crippen molar-refractivity contribution in [2.45, 2.75) is 38.9 Å². The normalized spacial score (nSPS) is 15.5. The van der Waals surface area contributed by atoms with Crippen molar-refractivity contribution in [3.63, 3.8) is 0 Å². The molecule has 1 N–H and O–H groups in total. The molecule has 0 fully saturated rings. The smallest absolute Gasteiger partial charge is 0.416 e. The van der Waals surface area contributed by atoms with Crippen molar-refractivity contribution in [2.24, 2.45) is 0 Å². The number of methoxy groups -OCH3 is 1. The molecule has 3 aromatic rings. The second-order valence-electron chi connectivity index (χ2n) is 8.25. The molecule has 0 aliphatic carbocycles. The van der Waals surface area contributed by atoms with Crippen LogP contribution >= 0.6 is 0 Å². The summed E-state index contributed by atoms with van der Waals surface area (Å²) in [6.45, 7) is 3.52. The highest BCUT2D eigenvalue weighted by Gasteiger charge is 2.40. The number of aromatic nitrogens is 3. The number of carbonyl (C=O) groups is 1. The van der Waals surface area contributed by atoms with Crippen LogP contribution in [-0.4, -0.2) is 27.8 Å². The number of halogens is 3. The van der Waals surface area contributed by atoms with Crippen LogP contribution in [0.2, 0.25) is 0 Å². The number of fused-ring (bicyclic) bond motifs is 1. The van der Waals surface area contributed by atoms with Crippen molar-refractivity contribution in [1.29, 1.82) is 5.26 Å². The lowest BCUT2D eigenvalue weighted by Crippen LogP contribution is -2.38. The Balaban J connectivity index is 2.03. The molecule has 0 saturated carbocycles. The van der Waals surface area contributed by atoms with Crippen LogP contribution in [0.5, 0.6) is 0 Å². The monoisotopic (exact) mass is 497 g/mol. The molecule has 186 valence electrons. The number of aryl methyl sites for hydroxylation is 1. The quantitative estimate of drug-likeness (QED) is 0.517. The maximum Gasteiger partial charge on any atom is 0.416 e. The van der Waals surface area contributed by atoms with E-state index in [-0.39, 0.29) is 22.9 Å². The van der Waals surface area contributed by atoms with E-state index in [1.54, 1.807) is 25.1 Å². The van der Waals surface area contributed by atoms with Gasteiger partial charge in [-0.3, -0.25) is 4.90 Å². The predicted octanol–water partition coefficient (Wildman–Crippen LogP) is 4.60. The molecule has 1 aromatic heterocycles. The Morgan fingerprint density at radius 2 is 2.00 bits per heavy atom. The molecule has 2 heterocycles. The number of aromatic amines is 1. The molecule has 1 atom stereocenters.